The molecule has 0 atom stereocenters. The second-order valence-electron chi connectivity index (χ2n) is 22.2. The topological polar surface area (TPSA) is 51.1 Å². The summed E-state index contributed by atoms with van der Waals surface area (Å²) in [5.74, 6) is 1.87. The molecule has 2 heterocycles. The number of ether oxygens (including phenoxy) is 1. The van der Waals surface area contributed by atoms with Crippen LogP contribution in [0, 0.1) is 0 Å². The third kappa shape index (κ3) is 8.82. The molecule has 0 bridgehead atoms. The lowest BCUT2D eigenvalue weighted by Gasteiger charge is -2.34. The van der Waals surface area contributed by atoms with Crippen molar-refractivity contribution in [2.45, 2.75) is 57.8 Å². The Labute approximate surface area is 477 Å². The minimum Gasteiger partial charge on any atom is -0.457 e. The predicted octanol–water partition coefficient (Wildman–Crippen LogP) is 19.8. The van der Waals surface area contributed by atoms with Crippen LogP contribution in [-0.4, -0.2) is 9.55 Å². The van der Waals surface area contributed by atoms with Gasteiger partial charge in [-0.3, -0.25) is 4.57 Å². The normalized spacial score (nSPS) is 14.6. The summed E-state index contributed by atoms with van der Waals surface area (Å²) >= 11 is 0. The van der Waals surface area contributed by atoms with Crippen LogP contribution in [0.5, 0.6) is 11.5 Å². The molecule has 0 radical (unpaired) electrons. The fourth-order valence-electron chi connectivity index (χ4n) is 11.4. The molecule has 10 aromatic carbocycles. The SMILES string of the molecule is [2H]c1c([2H])c([2H])c(-c2cc(C(C)(C)C)cc(-c3c([2H])c([2H])c([2H])c([2H])c3[2H])c2Nc2ccccc2Nc2cccc(Oc3ccc4c5ccccc5n(-c5cc(C6(c7ccc(C(C)(C)C)cc7)c7ccccc7-c7ccccc76)ccn5)c4c3)c2)c([2H])c1[2H]. The highest BCUT2D eigenvalue weighted by Crippen LogP contribution is 2.56. The zero-order valence-corrected chi connectivity index (χ0v) is 44.8. The van der Waals surface area contributed by atoms with Gasteiger partial charge >= 0.3 is 0 Å². The summed E-state index contributed by atoms with van der Waals surface area (Å²) in [6.45, 7) is 12.6. The Morgan fingerprint density at radius 2 is 1.03 bits per heavy atom. The van der Waals surface area contributed by atoms with E-state index in [0.717, 1.165) is 33.2 Å². The van der Waals surface area contributed by atoms with Crippen LogP contribution < -0.4 is 15.4 Å². The highest BCUT2D eigenvalue weighted by atomic mass is 16.5. The molecule has 2 aromatic heterocycles. The van der Waals surface area contributed by atoms with Crippen LogP contribution in [0.4, 0.5) is 22.7 Å². The van der Waals surface area contributed by atoms with Gasteiger partial charge in [0.25, 0.3) is 0 Å². The van der Waals surface area contributed by atoms with E-state index < -0.39 is 71.3 Å². The molecule has 0 saturated heterocycles. The lowest BCUT2D eigenvalue weighted by atomic mass is 9.67. The number of fused-ring (bicyclic) bond motifs is 6. The van der Waals surface area contributed by atoms with E-state index in [9.17, 15) is 5.48 Å². The summed E-state index contributed by atoms with van der Waals surface area (Å²) in [5, 5.41) is 9.13. The Morgan fingerprint density at radius 1 is 0.456 bits per heavy atom. The number of nitrogens with one attached hydrogen (secondary N) is 2. The van der Waals surface area contributed by atoms with E-state index in [1.807, 2.05) is 81.6 Å². The minimum atomic E-state index is -0.657. The van der Waals surface area contributed by atoms with Crippen LogP contribution in [0.25, 0.3) is 61.0 Å². The van der Waals surface area contributed by atoms with Crippen LogP contribution >= 0.6 is 0 Å². The maximum absolute atomic E-state index is 9.18. The van der Waals surface area contributed by atoms with Crippen LogP contribution in [0.2, 0.25) is 0 Å². The van der Waals surface area contributed by atoms with Gasteiger partial charge in [-0.25, -0.2) is 4.98 Å². The molecule has 1 aliphatic carbocycles. The molecular formula is C74H62N4O. The summed E-state index contributed by atoms with van der Waals surface area (Å²) < 4.78 is 97.4. The van der Waals surface area contributed by atoms with Crippen LogP contribution in [0.1, 0.15) is 88.6 Å². The average Bonchev–Trinajstić information content (AvgIpc) is 1.59. The van der Waals surface area contributed by atoms with Crippen molar-refractivity contribution in [3.8, 4) is 50.7 Å². The largest absolute Gasteiger partial charge is 0.457 e. The fraction of sp³-hybridized carbons (Fsp3) is 0.122. The number of rotatable bonds is 11. The summed E-state index contributed by atoms with van der Waals surface area (Å²) in [6, 6.07) is 58.7. The van der Waals surface area contributed by atoms with Gasteiger partial charge in [-0.05, 0) is 133 Å². The molecule has 0 aliphatic heterocycles. The second kappa shape index (κ2) is 19.5. The third-order valence-electron chi connectivity index (χ3n) is 15.3. The van der Waals surface area contributed by atoms with Crippen molar-refractivity contribution in [1.82, 2.24) is 9.55 Å². The molecule has 0 unspecified atom stereocenters. The van der Waals surface area contributed by atoms with Crippen LogP contribution in [-0.2, 0) is 16.2 Å². The lowest BCUT2D eigenvalue weighted by molar-refractivity contribution is 0.483. The van der Waals surface area contributed by atoms with Crippen molar-refractivity contribution in [1.29, 1.82) is 0 Å². The van der Waals surface area contributed by atoms with E-state index in [0.29, 0.717) is 34.1 Å². The van der Waals surface area contributed by atoms with Crippen molar-refractivity contribution in [3.05, 3.63) is 288 Å². The first-order valence-corrected chi connectivity index (χ1v) is 26.6. The maximum atomic E-state index is 9.18. The fourth-order valence-corrected chi connectivity index (χ4v) is 11.4. The maximum Gasteiger partial charge on any atom is 0.137 e. The highest BCUT2D eigenvalue weighted by molar-refractivity contribution is 6.09. The first kappa shape index (κ1) is 39.0. The van der Waals surface area contributed by atoms with Crippen molar-refractivity contribution in [2.24, 2.45) is 0 Å². The number of nitrogens with zero attached hydrogens (tertiary/aromatic N) is 2. The third-order valence-corrected chi connectivity index (χ3v) is 15.3. The molecule has 0 saturated carbocycles. The van der Waals surface area contributed by atoms with Crippen molar-refractivity contribution in [3.63, 3.8) is 0 Å². The molecular weight excluding hydrogens is 961 g/mol. The molecule has 5 nitrogen and oxygen atoms in total. The van der Waals surface area contributed by atoms with E-state index in [4.69, 9.17) is 17.9 Å². The Kier molecular flexibility index (Phi) is 9.64. The van der Waals surface area contributed by atoms with Gasteiger partial charge in [-0.1, -0.05) is 211 Å². The van der Waals surface area contributed by atoms with Gasteiger partial charge in [0.2, 0.25) is 0 Å². The summed E-state index contributed by atoms with van der Waals surface area (Å²) in [4.78, 5) is 5.16. The van der Waals surface area contributed by atoms with Gasteiger partial charge in [-0.15, -0.1) is 0 Å². The van der Waals surface area contributed by atoms with Crippen molar-refractivity contribution < 1.29 is 18.4 Å². The number of hydrogen-bond acceptors (Lipinski definition) is 4. The summed E-state index contributed by atoms with van der Waals surface area (Å²) in [6.07, 6.45) is 1.92. The molecule has 5 heteroatoms. The predicted molar refractivity (Wildman–Crippen MR) is 330 cm³/mol. The van der Waals surface area contributed by atoms with E-state index in [-0.39, 0.29) is 33.4 Å². The molecule has 2 N–H and O–H groups in total. The zero-order valence-electron chi connectivity index (χ0n) is 54.8. The standard InChI is InChI=1S/C74H62N4O/c1-72(2,3)51-36-38-52(39-37-51)74(64-31-16-13-28-58(64)59-29-14-17-32-65(59)74)53-42-43-75-70(46-53)78-68-35-20-15-30-60(68)61-41-40-57(48-69(61)78)79-56-27-21-26-55(47-56)76-66-33-18-19-34-67(66)77-71-62(49-22-9-7-10-23-49)44-54(73(4,5)6)45-63(71)50-24-11-8-12-25-50/h7-48,76-77H,1-6H3/i7D,8D,9D,10D,11D,12D,22D,23D,24D,25D. The molecule has 384 valence electrons. The van der Waals surface area contributed by atoms with E-state index in [2.05, 4.69) is 151 Å². The van der Waals surface area contributed by atoms with Gasteiger partial charge < -0.3 is 15.4 Å². The number of aromatic nitrogens is 2. The number of hydrogen-bond donors (Lipinski definition) is 2. The van der Waals surface area contributed by atoms with Gasteiger partial charge in [0, 0.05) is 45.9 Å². The minimum absolute atomic E-state index is 0.0272. The summed E-state index contributed by atoms with van der Waals surface area (Å²) in [7, 11) is 0. The van der Waals surface area contributed by atoms with Gasteiger partial charge in [0.1, 0.15) is 17.3 Å². The lowest BCUT2D eigenvalue weighted by Crippen LogP contribution is -2.29. The second-order valence-corrected chi connectivity index (χ2v) is 22.2. The molecule has 0 fully saturated rings. The molecule has 1 aliphatic rings. The highest BCUT2D eigenvalue weighted by Gasteiger charge is 2.46. The van der Waals surface area contributed by atoms with E-state index >= 15 is 0 Å². The Balaban J connectivity index is 0.891. The van der Waals surface area contributed by atoms with Crippen LogP contribution in [0.15, 0.2) is 255 Å². The first-order chi connectivity index (χ1) is 42.6. The Hall–Kier alpha value is -9.45. The first-order valence-electron chi connectivity index (χ1n) is 31.6. The Morgan fingerprint density at radius 3 is 1.67 bits per heavy atom. The van der Waals surface area contributed by atoms with E-state index in [1.165, 1.54) is 33.4 Å². The number of para-hydroxylation sites is 3. The molecule has 12 aromatic rings. The van der Waals surface area contributed by atoms with E-state index in [1.54, 1.807) is 18.2 Å². The number of anilines is 4. The summed E-state index contributed by atoms with van der Waals surface area (Å²) in [5.41, 5.74) is 11.5. The quantitative estimate of drug-likeness (QED) is 0.136. The van der Waals surface area contributed by atoms with Crippen LogP contribution in [0.3, 0.4) is 0 Å². The average molecular weight is 1030 g/mol. The number of pyridine rings is 1. The smallest absolute Gasteiger partial charge is 0.137 e. The molecule has 0 spiro atoms. The molecule has 79 heavy (non-hydrogen) atoms. The zero-order chi connectivity index (χ0) is 62.6. The van der Waals surface area contributed by atoms with Crippen molar-refractivity contribution >= 4 is 44.6 Å². The molecule has 0 amide bonds. The molecule has 13 rings (SSSR count). The van der Waals surface area contributed by atoms with Gasteiger partial charge in [0.05, 0.1) is 47.2 Å². The van der Waals surface area contributed by atoms with Gasteiger partial charge in [0.15, 0.2) is 0 Å². The van der Waals surface area contributed by atoms with Gasteiger partial charge in [-0.2, -0.15) is 0 Å². The Bertz CT molecular complexity index is 4680. The van der Waals surface area contributed by atoms with Crippen molar-refractivity contribution in [2.75, 3.05) is 10.6 Å². The number of benzene rings is 10. The monoisotopic (exact) mass is 1030 g/mol.